The Labute approximate surface area is 133 Å². The van der Waals surface area contributed by atoms with Crippen LogP contribution >= 0.6 is 0 Å². The molecule has 3 aromatic rings. The molecular formula is C19H14N2O2. The molecule has 0 N–H and O–H groups in total. The number of para-hydroxylation sites is 1. The zero-order valence-electron chi connectivity index (χ0n) is 12.6. The van der Waals surface area contributed by atoms with Gasteiger partial charge in [-0.2, -0.15) is 0 Å². The van der Waals surface area contributed by atoms with Gasteiger partial charge in [0.2, 0.25) is 0 Å². The first-order valence-corrected chi connectivity index (χ1v) is 7.26. The van der Waals surface area contributed by atoms with E-state index in [1.807, 2.05) is 36.4 Å². The number of pyridine rings is 1. The fourth-order valence-corrected chi connectivity index (χ4v) is 2.96. The van der Waals surface area contributed by atoms with Gasteiger partial charge in [-0.1, -0.05) is 24.8 Å². The quantitative estimate of drug-likeness (QED) is 0.721. The van der Waals surface area contributed by atoms with E-state index >= 15 is 0 Å². The van der Waals surface area contributed by atoms with Crippen LogP contribution in [0.25, 0.3) is 16.6 Å². The van der Waals surface area contributed by atoms with Crippen LogP contribution < -0.4 is 9.64 Å². The van der Waals surface area contributed by atoms with Gasteiger partial charge in [0.05, 0.1) is 24.0 Å². The summed E-state index contributed by atoms with van der Waals surface area (Å²) >= 11 is 0. The molecular weight excluding hydrogens is 288 g/mol. The molecule has 2 aromatic carbocycles. The number of amides is 1. The number of anilines is 1. The molecule has 0 saturated heterocycles. The molecule has 4 nitrogen and oxygen atoms in total. The molecule has 0 fully saturated rings. The summed E-state index contributed by atoms with van der Waals surface area (Å²) in [4.78, 5) is 18.9. The molecule has 4 heteroatoms. The molecule has 0 saturated carbocycles. The van der Waals surface area contributed by atoms with E-state index in [1.165, 1.54) is 0 Å². The third-order valence-corrected chi connectivity index (χ3v) is 4.09. The van der Waals surface area contributed by atoms with Crippen molar-refractivity contribution >= 4 is 28.2 Å². The Morgan fingerprint density at radius 1 is 1.09 bits per heavy atom. The second-order valence-corrected chi connectivity index (χ2v) is 5.35. The van der Waals surface area contributed by atoms with Gasteiger partial charge in [0.15, 0.2) is 0 Å². The monoisotopic (exact) mass is 302 g/mol. The number of methoxy groups -OCH3 is 1. The van der Waals surface area contributed by atoms with Gasteiger partial charge in [-0.3, -0.25) is 14.7 Å². The first-order valence-electron chi connectivity index (χ1n) is 7.26. The number of ether oxygens (including phenoxy) is 1. The van der Waals surface area contributed by atoms with E-state index in [0.29, 0.717) is 17.0 Å². The Balaban J connectivity index is 1.90. The summed E-state index contributed by atoms with van der Waals surface area (Å²) in [5.41, 5.74) is 3.59. The SMILES string of the molecule is C=C1c2cc(OC)ccc2C(=O)N1c1cccc2cccnc12. The summed E-state index contributed by atoms with van der Waals surface area (Å²) in [7, 11) is 1.60. The van der Waals surface area contributed by atoms with Crippen molar-refractivity contribution in [1.29, 1.82) is 0 Å². The van der Waals surface area contributed by atoms with Crippen molar-refractivity contribution < 1.29 is 9.53 Å². The molecule has 1 aromatic heterocycles. The second kappa shape index (κ2) is 4.95. The maximum absolute atomic E-state index is 12.8. The lowest BCUT2D eigenvalue weighted by atomic mass is 10.1. The van der Waals surface area contributed by atoms with Crippen molar-refractivity contribution in [3.05, 3.63) is 72.4 Å². The van der Waals surface area contributed by atoms with Crippen molar-refractivity contribution in [3.63, 3.8) is 0 Å². The highest BCUT2D eigenvalue weighted by molar-refractivity contribution is 6.24. The largest absolute Gasteiger partial charge is 0.497 e. The third kappa shape index (κ3) is 1.92. The van der Waals surface area contributed by atoms with E-state index in [-0.39, 0.29) is 5.91 Å². The van der Waals surface area contributed by atoms with Crippen LogP contribution in [0.5, 0.6) is 5.75 Å². The topological polar surface area (TPSA) is 42.4 Å². The smallest absolute Gasteiger partial charge is 0.263 e. The number of carbonyl (C=O) groups is 1. The Morgan fingerprint density at radius 3 is 2.74 bits per heavy atom. The van der Waals surface area contributed by atoms with Crippen molar-refractivity contribution in [1.82, 2.24) is 4.98 Å². The van der Waals surface area contributed by atoms with Crippen molar-refractivity contribution in [2.45, 2.75) is 0 Å². The molecule has 1 amide bonds. The van der Waals surface area contributed by atoms with E-state index in [4.69, 9.17) is 4.74 Å². The van der Waals surface area contributed by atoms with Crippen LogP contribution in [-0.2, 0) is 0 Å². The second-order valence-electron chi connectivity index (χ2n) is 5.35. The standard InChI is InChI=1S/C19H14N2O2/c1-12-16-11-14(23-2)8-9-15(16)19(22)21(12)17-7-3-5-13-6-4-10-20-18(13)17/h3-11H,1H2,2H3. The van der Waals surface area contributed by atoms with Crippen LogP contribution in [0.4, 0.5) is 5.69 Å². The van der Waals surface area contributed by atoms with Crippen LogP contribution in [0, 0.1) is 0 Å². The number of nitrogens with zero attached hydrogens (tertiary/aromatic N) is 2. The van der Waals surface area contributed by atoms with Gasteiger partial charge in [-0.15, -0.1) is 0 Å². The summed E-state index contributed by atoms with van der Waals surface area (Å²) in [5, 5.41) is 0.985. The van der Waals surface area contributed by atoms with E-state index in [2.05, 4.69) is 11.6 Å². The average Bonchev–Trinajstić information content (AvgIpc) is 2.85. The lowest BCUT2D eigenvalue weighted by Gasteiger charge is -2.19. The number of rotatable bonds is 2. The van der Waals surface area contributed by atoms with E-state index in [1.54, 1.807) is 30.3 Å². The van der Waals surface area contributed by atoms with Crippen LogP contribution in [0.15, 0.2) is 61.3 Å². The van der Waals surface area contributed by atoms with Crippen molar-refractivity contribution in [3.8, 4) is 5.75 Å². The number of benzene rings is 2. The molecule has 0 aliphatic carbocycles. The van der Waals surface area contributed by atoms with Crippen molar-refractivity contribution in [2.24, 2.45) is 0 Å². The zero-order chi connectivity index (χ0) is 16.0. The lowest BCUT2D eigenvalue weighted by Crippen LogP contribution is -2.22. The van der Waals surface area contributed by atoms with Crippen LogP contribution in [-0.4, -0.2) is 18.0 Å². The molecule has 1 aliphatic rings. The van der Waals surface area contributed by atoms with Gasteiger partial charge in [-0.25, -0.2) is 0 Å². The zero-order valence-corrected chi connectivity index (χ0v) is 12.6. The molecule has 0 spiro atoms. The number of hydrogen-bond acceptors (Lipinski definition) is 3. The molecule has 0 radical (unpaired) electrons. The Bertz CT molecular complexity index is 957. The highest BCUT2D eigenvalue weighted by Crippen LogP contribution is 2.39. The predicted octanol–water partition coefficient (Wildman–Crippen LogP) is 3.87. The minimum absolute atomic E-state index is 0.0918. The summed E-state index contributed by atoms with van der Waals surface area (Å²) in [6, 6.07) is 15.1. The number of carbonyl (C=O) groups excluding carboxylic acids is 1. The van der Waals surface area contributed by atoms with Crippen LogP contribution in [0.2, 0.25) is 0 Å². The summed E-state index contributed by atoms with van der Waals surface area (Å²) in [6.45, 7) is 4.11. The lowest BCUT2D eigenvalue weighted by molar-refractivity contribution is 0.101. The predicted molar refractivity (Wildman–Crippen MR) is 90.6 cm³/mol. The fourth-order valence-electron chi connectivity index (χ4n) is 2.96. The molecule has 0 atom stereocenters. The Hall–Kier alpha value is -3.14. The molecule has 0 unspecified atom stereocenters. The number of fused-ring (bicyclic) bond motifs is 2. The van der Waals surface area contributed by atoms with Gasteiger partial charge in [-0.05, 0) is 30.3 Å². The Kier molecular flexibility index (Phi) is 2.91. The van der Waals surface area contributed by atoms with E-state index in [0.717, 1.165) is 22.2 Å². The van der Waals surface area contributed by atoms with E-state index < -0.39 is 0 Å². The van der Waals surface area contributed by atoms with Gasteiger partial charge < -0.3 is 4.74 Å². The highest BCUT2D eigenvalue weighted by atomic mass is 16.5. The van der Waals surface area contributed by atoms with Gasteiger partial charge in [0.1, 0.15) is 5.75 Å². The van der Waals surface area contributed by atoms with Gasteiger partial charge in [0.25, 0.3) is 5.91 Å². The fraction of sp³-hybridized carbons (Fsp3) is 0.0526. The molecule has 23 heavy (non-hydrogen) atoms. The molecule has 1 aliphatic heterocycles. The molecule has 112 valence electrons. The third-order valence-electron chi connectivity index (χ3n) is 4.09. The summed E-state index contributed by atoms with van der Waals surface area (Å²) in [6.07, 6.45) is 1.73. The normalized spacial score (nSPS) is 13.5. The number of hydrogen-bond donors (Lipinski definition) is 0. The van der Waals surface area contributed by atoms with E-state index in [9.17, 15) is 4.79 Å². The maximum Gasteiger partial charge on any atom is 0.263 e. The van der Waals surface area contributed by atoms with Gasteiger partial charge >= 0.3 is 0 Å². The molecule has 2 heterocycles. The molecule has 4 rings (SSSR count). The minimum atomic E-state index is -0.0918. The minimum Gasteiger partial charge on any atom is -0.497 e. The van der Waals surface area contributed by atoms with Crippen molar-refractivity contribution in [2.75, 3.05) is 12.0 Å². The average molecular weight is 302 g/mol. The van der Waals surface area contributed by atoms with Crippen LogP contribution in [0.3, 0.4) is 0 Å². The van der Waals surface area contributed by atoms with Crippen LogP contribution in [0.1, 0.15) is 15.9 Å². The summed E-state index contributed by atoms with van der Waals surface area (Å²) < 4.78 is 5.25. The molecule has 0 bridgehead atoms. The summed E-state index contributed by atoms with van der Waals surface area (Å²) in [5.74, 6) is 0.612. The maximum atomic E-state index is 12.8. The Morgan fingerprint density at radius 2 is 1.91 bits per heavy atom. The first kappa shape index (κ1) is 13.5. The van der Waals surface area contributed by atoms with Gasteiger partial charge in [0, 0.05) is 22.7 Å². The highest BCUT2D eigenvalue weighted by Gasteiger charge is 2.33. The first-order chi connectivity index (χ1) is 11.2. The number of aromatic nitrogens is 1.